The van der Waals surface area contributed by atoms with Gasteiger partial charge in [-0.2, -0.15) is 5.06 Å². The fourth-order valence-corrected chi connectivity index (χ4v) is 3.73. The minimum absolute atomic E-state index is 0.164. The average Bonchev–Trinajstić information content (AvgIpc) is 2.96. The maximum absolute atomic E-state index is 11.9. The number of methoxy groups -OCH3 is 1. The highest BCUT2D eigenvalue weighted by molar-refractivity contribution is 7.14. The average molecular weight is 297 g/mol. The first-order valence-corrected chi connectivity index (χ1v) is 6.57. The molecule has 3 N–H and O–H groups in total. The van der Waals surface area contributed by atoms with Crippen molar-refractivity contribution >= 4 is 29.2 Å². The SMILES string of the molecule is COC(=O)C1c2sc(C(N)=O)cc2[C@H]2CN1C(=O)N2O. The van der Waals surface area contributed by atoms with Crippen molar-refractivity contribution in [2.75, 3.05) is 13.7 Å². The van der Waals surface area contributed by atoms with Gasteiger partial charge in [-0.05, 0) is 11.6 Å². The van der Waals surface area contributed by atoms with Crippen molar-refractivity contribution in [1.29, 1.82) is 0 Å². The molecule has 1 saturated heterocycles. The number of fused-ring (bicyclic) bond motifs is 4. The van der Waals surface area contributed by atoms with Crippen molar-refractivity contribution < 1.29 is 24.3 Å². The molecule has 0 aliphatic carbocycles. The summed E-state index contributed by atoms with van der Waals surface area (Å²) < 4.78 is 4.71. The third-order valence-electron chi connectivity index (χ3n) is 3.48. The number of hydrogen-bond acceptors (Lipinski definition) is 6. The maximum Gasteiger partial charge on any atom is 0.345 e. The van der Waals surface area contributed by atoms with E-state index in [1.54, 1.807) is 0 Å². The summed E-state index contributed by atoms with van der Waals surface area (Å²) in [5.41, 5.74) is 5.80. The zero-order valence-electron chi connectivity index (χ0n) is 10.4. The van der Waals surface area contributed by atoms with E-state index in [4.69, 9.17) is 10.5 Å². The summed E-state index contributed by atoms with van der Waals surface area (Å²) in [5.74, 6) is -1.24. The molecule has 3 amide bonds. The van der Waals surface area contributed by atoms with Gasteiger partial charge in [-0.15, -0.1) is 11.3 Å². The molecule has 1 unspecified atom stereocenters. The Kier molecular flexibility index (Phi) is 2.69. The summed E-state index contributed by atoms with van der Waals surface area (Å²) in [7, 11) is 1.22. The Labute approximate surface area is 117 Å². The van der Waals surface area contributed by atoms with E-state index in [0.29, 0.717) is 15.5 Å². The lowest BCUT2D eigenvalue weighted by molar-refractivity contribution is -0.146. The van der Waals surface area contributed by atoms with E-state index in [2.05, 4.69) is 0 Å². The first-order valence-electron chi connectivity index (χ1n) is 5.75. The van der Waals surface area contributed by atoms with Gasteiger partial charge in [-0.3, -0.25) is 10.0 Å². The molecule has 1 aromatic rings. The van der Waals surface area contributed by atoms with Gasteiger partial charge < -0.3 is 15.4 Å². The number of primary amides is 1. The summed E-state index contributed by atoms with van der Waals surface area (Å²) in [6, 6.07) is -0.687. The van der Waals surface area contributed by atoms with Crippen LogP contribution < -0.4 is 5.73 Å². The van der Waals surface area contributed by atoms with Crippen molar-refractivity contribution in [3.05, 3.63) is 21.4 Å². The van der Waals surface area contributed by atoms with Crippen LogP contribution in [0.25, 0.3) is 0 Å². The van der Waals surface area contributed by atoms with Crippen LogP contribution in [-0.2, 0) is 9.53 Å². The molecule has 1 fully saturated rings. The smallest absolute Gasteiger partial charge is 0.345 e. The zero-order valence-corrected chi connectivity index (χ0v) is 11.2. The predicted octanol–water partition coefficient (Wildman–Crippen LogP) is 0.243. The van der Waals surface area contributed by atoms with Crippen LogP contribution in [-0.4, -0.2) is 46.7 Å². The quantitative estimate of drug-likeness (QED) is 0.600. The Morgan fingerprint density at radius 2 is 2.25 bits per heavy atom. The topological polar surface area (TPSA) is 113 Å². The zero-order chi connectivity index (χ0) is 14.6. The number of hydroxylamine groups is 2. The first kappa shape index (κ1) is 12.9. The molecule has 106 valence electrons. The third-order valence-corrected chi connectivity index (χ3v) is 4.70. The van der Waals surface area contributed by atoms with Crippen molar-refractivity contribution in [3.63, 3.8) is 0 Å². The van der Waals surface area contributed by atoms with Crippen LogP contribution in [0.15, 0.2) is 6.07 Å². The van der Waals surface area contributed by atoms with Gasteiger partial charge in [0.2, 0.25) is 0 Å². The van der Waals surface area contributed by atoms with Gasteiger partial charge in [0.25, 0.3) is 5.91 Å². The molecule has 0 aromatic carbocycles. The molecule has 2 bridgehead atoms. The van der Waals surface area contributed by atoms with Gasteiger partial charge in [-0.25, -0.2) is 9.59 Å². The van der Waals surface area contributed by atoms with Crippen LogP contribution >= 0.6 is 11.3 Å². The van der Waals surface area contributed by atoms with Crippen molar-refractivity contribution in [2.45, 2.75) is 12.1 Å². The number of hydrogen-bond donors (Lipinski definition) is 2. The van der Waals surface area contributed by atoms with Crippen LogP contribution in [0.2, 0.25) is 0 Å². The fraction of sp³-hybridized carbons (Fsp3) is 0.364. The summed E-state index contributed by atoms with van der Waals surface area (Å²) in [4.78, 5) is 37.1. The Morgan fingerprint density at radius 1 is 1.55 bits per heavy atom. The van der Waals surface area contributed by atoms with Gasteiger partial charge in [0.05, 0.1) is 18.5 Å². The molecule has 9 heteroatoms. The number of carbonyl (C=O) groups excluding carboxylic acids is 3. The number of thiophene rings is 1. The fourth-order valence-electron chi connectivity index (χ4n) is 2.55. The molecule has 0 spiro atoms. The van der Waals surface area contributed by atoms with E-state index in [-0.39, 0.29) is 11.4 Å². The van der Waals surface area contributed by atoms with Crippen molar-refractivity contribution in [2.24, 2.45) is 5.73 Å². The number of nitrogens with two attached hydrogens (primary N) is 1. The number of esters is 1. The van der Waals surface area contributed by atoms with Crippen molar-refractivity contribution in [1.82, 2.24) is 9.96 Å². The number of nitrogens with zero attached hydrogens (tertiary/aromatic N) is 2. The van der Waals surface area contributed by atoms with Gasteiger partial charge in [-0.1, -0.05) is 0 Å². The van der Waals surface area contributed by atoms with Crippen LogP contribution in [0.4, 0.5) is 4.79 Å². The molecule has 3 rings (SSSR count). The Morgan fingerprint density at radius 3 is 2.85 bits per heavy atom. The number of ether oxygens (including phenoxy) is 1. The molecule has 3 heterocycles. The second-order valence-electron chi connectivity index (χ2n) is 4.52. The van der Waals surface area contributed by atoms with Crippen LogP contribution in [0.1, 0.15) is 32.2 Å². The van der Waals surface area contributed by atoms with Gasteiger partial charge in [0.1, 0.15) is 6.04 Å². The van der Waals surface area contributed by atoms with E-state index in [1.807, 2.05) is 0 Å². The largest absolute Gasteiger partial charge is 0.467 e. The molecule has 2 aliphatic rings. The monoisotopic (exact) mass is 297 g/mol. The highest BCUT2D eigenvalue weighted by atomic mass is 32.1. The second-order valence-corrected chi connectivity index (χ2v) is 5.60. The van der Waals surface area contributed by atoms with E-state index in [0.717, 1.165) is 11.3 Å². The molecule has 2 aliphatic heterocycles. The summed E-state index contributed by atoms with van der Waals surface area (Å²) >= 11 is 1.04. The summed E-state index contributed by atoms with van der Waals surface area (Å²) in [6.45, 7) is 0.164. The lowest BCUT2D eigenvalue weighted by atomic mass is 9.99. The number of urea groups is 1. The first-order chi connectivity index (χ1) is 9.45. The molecule has 1 aromatic heterocycles. The summed E-state index contributed by atoms with van der Waals surface area (Å²) in [6.07, 6.45) is 0. The lowest BCUT2D eigenvalue weighted by Crippen LogP contribution is -2.38. The van der Waals surface area contributed by atoms with Gasteiger partial charge in [0.15, 0.2) is 6.04 Å². The summed E-state index contributed by atoms with van der Waals surface area (Å²) in [5, 5.41) is 10.4. The Balaban J connectivity index is 2.16. The number of carbonyl (C=O) groups is 3. The molecule has 0 radical (unpaired) electrons. The molecular formula is C11H11N3O5S. The normalized spacial score (nSPS) is 23.8. The molecule has 0 saturated carbocycles. The van der Waals surface area contributed by atoms with E-state index < -0.39 is 30.0 Å². The van der Waals surface area contributed by atoms with Gasteiger partial charge in [0, 0.05) is 4.88 Å². The number of rotatable bonds is 2. The maximum atomic E-state index is 11.9. The standard InChI is InChI=1S/C11H11N3O5S/c1-19-10(16)7-8-4(2-6(20-8)9(12)15)5-3-13(7)11(17)14(5)18/h2,5,7,18H,3H2,1H3,(H2,12,15)/t5-,7?/m1/s1. The van der Waals surface area contributed by atoms with Crippen LogP contribution in [0, 0.1) is 0 Å². The minimum Gasteiger partial charge on any atom is -0.467 e. The van der Waals surface area contributed by atoms with Crippen LogP contribution in [0.3, 0.4) is 0 Å². The van der Waals surface area contributed by atoms with Gasteiger partial charge >= 0.3 is 12.0 Å². The highest BCUT2D eigenvalue weighted by Gasteiger charge is 2.51. The van der Waals surface area contributed by atoms with Crippen LogP contribution in [0.5, 0.6) is 0 Å². The third kappa shape index (κ3) is 1.53. The number of amides is 3. The highest BCUT2D eigenvalue weighted by Crippen LogP contribution is 2.46. The molecule has 2 atom stereocenters. The molecule has 8 nitrogen and oxygen atoms in total. The van der Waals surface area contributed by atoms with Crippen molar-refractivity contribution in [3.8, 4) is 0 Å². The van der Waals surface area contributed by atoms with E-state index in [1.165, 1.54) is 18.1 Å². The lowest BCUT2D eigenvalue weighted by Gasteiger charge is -2.28. The molecule has 20 heavy (non-hydrogen) atoms. The minimum atomic E-state index is -0.950. The predicted molar refractivity (Wildman–Crippen MR) is 66.1 cm³/mol. The molecular weight excluding hydrogens is 286 g/mol. The van der Waals surface area contributed by atoms with E-state index >= 15 is 0 Å². The Hall–Kier alpha value is -2.13. The Bertz CT molecular complexity index is 628. The van der Waals surface area contributed by atoms with E-state index in [9.17, 15) is 19.6 Å². The second kappa shape index (κ2) is 4.18.